The van der Waals surface area contributed by atoms with Gasteiger partial charge in [0.25, 0.3) is 5.89 Å². The Labute approximate surface area is 128 Å². The maximum absolute atomic E-state index is 5.51. The van der Waals surface area contributed by atoms with E-state index in [4.69, 9.17) is 9.26 Å². The lowest BCUT2D eigenvalue weighted by Gasteiger charge is -2.05. The van der Waals surface area contributed by atoms with Crippen LogP contribution < -0.4 is 0 Å². The fourth-order valence-corrected chi connectivity index (χ4v) is 2.79. The quantitative estimate of drug-likeness (QED) is 0.734. The van der Waals surface area contributed by atoms with Crippen LogP contribution in [0.4, 0.5) is 0 Å². The van der Waals surface area contributed by atoms with Gasteiger partial charge in [0, 0.05) is 18.1 Å². The first kappa shape index (κ1) is 13.2. The zero-order chi connectivity index (χ0) is 14.8. The molecule has 4 heteroatoms. The van der Waals surface area contributed by atoms with Crippen molar-refractivity contribution >= 4 is 0 Å². The molecule has 2 heterocycles. The van der Waals surface area contributed by atoms with Gasteiger partial charge in [-0.3, -0.25) is 0 Å². The predicted octanol–water partition coefficient (Wildman–Crippen LogP) is 3.91. The van der Waals surface area contributed by atoms with Crippen LogP contribution in [0.1, 0.15) is 18.2 Å². The minimum absolute atomic E-state index is 0.251. The Bertz CT molecular complexity index is 762. The third-order valence-electron chi connectivity index (χ3n) is 3.98. The van der Waals surface area contributed by atoms with Crippen molar-refractivity contribution in [3.8, 4) is 22.6 Å². The van der Waals surface area contributed by atoms with Gasteiger partial charge in [0.1, 0.15) is 0 Å². The first-order chi connectivity index (χ1) is 10.9. The standard InChI is InChI=1S/C18H16N2O2/c1-2-6-13(7-3-1)15-8-4-5-9-16(15)18-19-17(20-22-18)14-10-11-21-12-14/h1-9,14H,10-12H2. The summed E-state index contributed by atoms with van der Waals surface area (Å²) in [7, 11) is 0. The molecule has 1 fully saturated rings. The normalized spacial score (nSPS) is 17.7. The molecule has 2 aromatic carbocycles. The highest BCUT2D eigenvalue weighted by Crippen LogP contribution is 2.32. The number of benzene rings is 2. The van der Waals surface area contributed by atoms with Crippen molar-refractivity contribution < 1.29 is 9.26 Å². The van der Waals surface area contributed by atoms with Gasteiger partial charge < -0.3 is 9.26 Å². The molecule has 1 saturated heterocycles. The summed E-state index contributed by atoms with van der Waals surface area (Å²) in [6.45, 7) is 1.45. The van der Waals surface area contributed by atoms with Gasteiger partial charge in [0.2, 0.25) is 0 Å². The Hall–Kier alpha value is -2.46. The van der Waals surface area contributed by atoms with Gasteiger partial charge in [-0.05, 0) is 23.6 Å². The van der Waals surface area contributed by atoms with Gasteiger partial charge in [0.15, 0.2) is 5.82 Å². The van der Waals surface area contributed by atoms with E-state index in [1.165, 1.54) is 0 Å². The fraction of sp³-hybridized carbons (Fsp3) is 0.222. The monoisotopic (exact) mass is 292 g/mol. The molecule has 1 unspecified atom stereocenters. The molecule has 1 aromatic heterocycles. The number of hydrogen-bond acceptors (Lipinski definition) is 4. The SMILES string of the molecule is c1ccc(-c2ccccc2-c2nc(C3CCOC3)no2)cc1. The molecule has 1 aliphatic heterocycles. The van der Waals surface area contributed by atoms with Crippen LogP contribution in [-0.2, 0) is 4.74 Å². The zero-order valence-corrected chi connectivity index (χ0v) is 12.1. The molecule has 0 spiro atoms. The molecule has 1 aliphatic rings. The summed E-state index contributed by atoms with van der Waals surface area (Å²) in [5.74, 6) is 1.57. The number of ether oxygens (including phenoxy) is 1. The molecule has 22 heavy (non-hydrogen) atoms. The third-order valence-corrected chi connectivity index (χ3v) is 3.98. The largest absolute Gasteiger partial charge is 0.381 e. The minimum atomic E-state index is 0.251. The van der Waals surface area contributed by atoms with Crippen molar-refractivity contribution in [1.29, 1.82) is 0 Å². The average molecular weight is 292 g/mol. The summed E-state index contributed by atoms with van der Waals surface area (Å²) in [6, 6.07) is 18.3. The highest BCUT2D eigenvalue weighted by Gasteiger charge is 2.24. The van der Waals surface area contributed by atoms with E-state index in [0.29, 0.717) is 12.5 Å². The molecule has 4 nitrogen and oxygen atoms in total. The van der Waals surface area contributed by atoms with Crippen molar-refractivity contribution in [3.05, 3.63) is 60.4 Å². The maximum atomic E-state index is 5.51. The Morgan fingerprint density at radius 1 is 0.909 bits per heavy atom. The molecule has 0 amide bonds. The molecule has 110 valence electrons. The van der Waals surface area contributed by atoms with E-state index in [0.717, 1.165) is 35.5 Å². The maximum Gasteiger partial charge on any atom is 0.258 e. The second-order valence-electron chi connectivity index (χ2n) is 5.43. The number of aromatic nitrogens is 2. The van der Waals surface area contributed by atoms with Gasteiger partial charge in [-0.1, -0.05) is 53.7 Å². The topological polar surface area (TPSA) is 48.2 Å². The van der Waals surface area contributed by atoms with E-state index in [1.54, 1.807) is 0 Å². The van der Waals surface area contributed by atoms with Crippen LogP contribution in [0.2, 0.25) is 0 Å². The molecule has 0 aliphatic carbocycles. The third kappa shape index (κ3) is 2.42. The Morgan fingerprint density at radius 3 is 2.45 bits per heavy atom. The fourth-order valence-electron chi connectivity index (χ4n) is 2.79. The van der Waals surface area contributed by atoms with Crippen LogP contribution in [0.25, 0.3) is 22.6 Å². The molecule has 0 radical (unpaired) electrons. The molecule has 3 aromatic rings. The van der Waals surface area contributed by atoms with E-state index in [9.17, 15) is 0 Å². The van der Waals surface area contributed by atoms with Gasteiger partial charge >= 0.3 is 0 Å². The number of rotatable bonds is 3. The van der Waals surface area contributed by atoms with E-state index in [-0.39, 0.29) is 5.92 Å². The summed E-state index contributed by atoms with van der Waals surface area (Å²) < 4.78 is 10.9. The van der Waals surface area contributed by atoms with E-state index in [2.05, 4.69) is 28.3 Å². The van der Waals surface area contributed by atoms with Crippen LogP contribution in [-0.4, -0.2) is 23.4 Å². The molecular weight excluding hydrogens is 276 g/mol. The highest BCUT2D eigenvalue weighted by molar-refractivity contribution is 5.79. The molecule has 0 N–H and O–H groups in total. The van der Waals surface area contributed by atoms with Crippen molar-refractivity contribution in [2.75, 3.05) is 13.2 Å². The molecular formula is C18H16N2O2. The summed E-state index contributed by atoms with van der Waals surface area (Å²) in [4.78, 5) is 4.59. The molecule has 0 saturated carbocycles. The summed E-state index contributed by atoms with van der Waals surface area (Å²) >= 11 is 0. The lowest BCUT2D eigenvalue weighted by molar-refractivity contribution is 0.192. The van der Waals surface area contributed by atoms with Gasteiger partial charge in [-0.15, -0.1) is 0 Å². The summed E-state index contributed by atoms with van der Waals surface area (Å²) in [5.41, 5.74) is 3.20. The van der Waals surface area contributed by atoms with E-state index in [1.807, 2.05) is 36.4 Å². The van der Waals surface area contributed by atoms with Crippen LogP contribution in [0.15, 0.2) is 59.1 Å². The molecule has 4 rings (SSSR count). The summed E-state index contributed by atoms with van der Waals surface area (Å²) in [6.07, 6.45) is 0.958. The first-order valence-electron chi connectivity index (χ1n) is 7.48. The predicted molar refractivity (Wildman–Crippen MR) is 83.3 cm³/mol. The Morgan fingerprint density at radius 2 is 1.68 bits per heavy atom. The highest BCUT2D eigenvalue weighted by atomic mass is 16.5. The van der Waals surface area contributed by atoms with Gasteiger partial charge in [0.05, 0.1) is 6.61 Å². The van der Waals surface area contributed by atoms with Crippen LogP contribution in [0.5, 0.6) is 0 Å². The van der Waals surface area contributed by atoms with Crippen LogP contribution in [0.3, 0.4) is 0 Å². The smallest absolute Gasteiger partial charge is 0.258 e. The van der Waals surface area contributed by atoms with Crippen LogP contribution in [0, 0.1) is 0 Å². The minimum Gasteiger partial charge on any atom is -0.381 e. The second-order valence-corrected chi connectivity index (χ2v) is 5.43. The number of hydrogen-bond donors (Lipinski definition) is 0. The van der Waals surface area contributed by atoms with Crippen LogP contribution >= 0.6 is 0 Å². The first-order valence-corrected chi connectivity index (χ1v) is 7.48. The summed E-state index contributed by atoms with van der Waals surface area (Å²) in [5, 5.41) is 4.14. The van der Waals surface area contributed by atoms with Gasteiger partial charge in [-0.2, -0.15) is 4.98 Å². The Kier molecular flexibility index (Phi) is 3.45. The van der Waals surface area contributed by atoms with Crippen molar-refractivity contribution in [3.63, 3.8) is 0 Å². The molecule has 1 atom stereocenters. The van der Waals surface area contributed by atoms with E-state index >= 15 is 0 Å². The zero-order valence-electron chi connectivity index (χ0n) is 12.1. The van der Waals surface area contributed by atoms with Crippen molar-refractivity contribution in [2.24, 2.45) is 0 Å². The van der Waals surface area contributed by atoms with Crippen molar-refractivity contribution in [2.45, 2.75) is 12.3 Å². The second kappa shape index (κ2) is 5.73. The average Bonchev–Trinajstić information content (AvgIpc) is 3.27. The lowest BCUT2D eigenvalue weighted by Crippen LogP contribution is -1.99. The lowest BCUT2D eigenvalue weighted by atomic mass is 10.00. The van der Waals surface area contributed by atoms with E-state index < -0.39 is 0 Å². The molecule has 0 bridgehead atoms. The Balaban J connectivity index is 1.74. The van der Waals surface area contributed by atoms with Crippen molar-refractivity contribution in [1.82, 2.24) is 10.1 Å². The number of nitrogens with zero attached hydrogens (tertiary/aromatic N) is 2. The van der Waals surface area contributed by atoms with Gasteiger partial charge in [-0.25, -0.2) is 0 Å².